The molecule has 33 heavy (non-hydrogen) atoms. The van der Waals surface area contributed by atoms with Gasteiger partial charge in [-0.15, -0.1) is 17.9 Å². The quantitative estimate of drug-likeness (QED) is 0.211. The lowest BCUT2D eigenvalue weighted by Gasteiger charge is -2.36. The predicted molar refractivity (Wildman–Crippen MR) is 120 cm³/mol. The van der Waals surface area contributed by atoms with E-state index in [1.54, 1.807) is 5.51 Å². The van der Waals surface area contributed by atoms with E-state index in [4.69, 9.17) is 9.57 Å². The minimum Gasteiger partial charge on any atom is -0.449 e. The molecular formula is C20H24N4O7S2. The van der Waals surface area contributed by atoms with Crippen molar-refractivity contribution in [1.82, 2.24) is 14.4 Å². The Bertz CT molecular complexity index is 1120. The molecule has 1 unspecified atom stereocenters. The number of nitro benzene ring substituents is 1. The summed E-state index contributed by atoms with van der Waals surface area (Å²) in [5, 5.41) is 11.5. The number of carbonyl (C=O) groups excluding carboxylic acids is 1. The topological polar surface area (TPSA) is 132 Å². The van der Waals surface area contributed by atoms with E-state index in [2.05, 4.69) is 11.6 Å². The second kappa shape index (κ2) is 10.8. The summed E-state index contributed by atoms with van der Waals surface area (Å²) in [5.41, 5.74) is 1.47. The Kier molecular flexibility index (Phi) is 8.13. The van der Waals surface area contributed by atoms with E-state index in [0.29, 0.717) is 21.5 Å². The molecule has 1 atom stereocenters. The summed E-state index contributed by atoms with van der Waals surface area (Å²) in [5.74, 6) is 0. The summed E-state index contributed by atoms with van der Waals surface area (Å²) in [4.78, 5) is 34.6. The Balaban J connectivity index is 2.02. The van der Waals surface area contributed by atoms with Gasteiger partial charge >= 0.3 is 6.09 Å². The van der Waals surface area contributed by atoms with E-state index in [1.807, 2.05) is 6.92 Å². The molecular weight excluding hydrogens is 472 g/mol. The zero-order valence-corrected chi connectivity index (χ0v) is 19.6. The fourth-order valence-electron chi connectivity index (χ4n) is 3.28. The number of benzene rings is 1. The second-order valence-electron chi connectivity index (χ2n) is 7.10. The Morgan fingerprint density at radius 1 is 1.45 bits per heavy atom. The van der Waals surface area contributed by atoms with Gasteiger partial charge in [-0.25, -0.2) is 18.2 Å². The molecule has 2 heterocycles. The number of hydrogen-bond donors (Lipinski definition) is 0. The van der Waals surface area contributed by atoms with E-state index in [-0.39, 0.29) is 26.3 Å². The minimum absolute atomic E-state index is 0.0723. The van der Waals surface area contributed by atoms with Crippen LogP contribution in [-0.4, -0.2) is 53.5 Å². The summed E-state index contributed by atoms with van der Waals surface area (Å²) in [6.45, 7) is 5.66. The molecule has 2 aromatic rings. The van der Waals surface area contributed by atoms with E-state index in [9.17, 15) is 23.3 Å². The number of carbonyl (C=O) groups is 1. The van der Waals surface area contributed by atoms with Crippen LogP contribution in [0.3, 0.4) is 0 Å². The number of hydrogen-bond acceptors (Lipinski definition) is 9. The highest BCUT2D eigenvalue weighted by Crippen LogP contribution is 2.38. The van der Waals surface area contributed by atoms with Crippen LogP contribution in [0.15, 0.2) is 47.3 Å². The van der Waals surface area contributed by atoms with Crippen molar-refractivity contribution >= 4 is 33.1 Å². The monoisotopic (exact) mass is 496 g/mol. The molecule has 0 saturated carbocycles. The third kappa shape index (κ3) is 5.38. The summed E-state index contributed by atoms with van der Waals surface area (Å²) in [6.07, 6.45) is 2.31. The van der Waals surface area contributed by atoms with E-state index in [0.717, 1.165) is 18.6 Å². The Hall–Kier alpha value is -2.87. The second-order valence-corrected chi connectivity index (χ2v) is 9.73. The first-order valence-corrected chi connectivity index (χ1v) is 12.5. The summed E-state index contributed by atoms with van der Waals surface area (Å²) in [6, 6.07) is 4.04. The van der Waals surface area contributed by atoms with Gasteiger partial charge in [0.15, 0.2) is 4.90 Å². The number of thiazole rings is 1. The van der Waals surface area contributed by atoms with Crippen LogP contribution in [0.2, 0.25) is 0 Å². The Morgan fingerprint density at radius 2 is 2.21 bits per heavy atom. The zero-order valence-electron chi connectivity index (χ0n) is 18.0. The SMILES string of the molecule is C=CCON(C1CN(C(=O)OCCCC)Cc2ncsc21)S(=O)(=O)c1ccccc1[N+](=O)[O-]. The van der Waals surface area contributed by atoms with Gasteiger partial charge in [0.25, 0.3) is 15.7 Å². The van der Waals surface area contributed by atoms with Crippen LogP contribution in [0.25, 0.3) is 0 Å². The first-order chi connectivity index (χ1) is 15.8. The number of fused-ring (bicyclic) bond motifs is 1. The van der Waals surface area contributed by atoms with Gasteiger partial charge in [-0.3, -0.25) is 15.0 Å². The number of nitro groups is 1. The molecule has 1 aromatic heterocycles. The molecule has 0 N–H and O–H groups in total. The zero-order chi connectivity index (χ0) is 24.0. The fourth-order valence-corrected chi connectivity index (χ4v) is 5.78. The number of ether oxygens (including phenoxy) is 1. The third-order valence-electron chi connectivity index (χ3n) is 4.84. The molecule has 1 aliphatic rings. The number of unbranched alkanes of at least 4 members (excludes halogenated alkanes) is 1. The molecule has 3 rings (SSSR count). The highest BCUT2D eigenvalue weighted by Gasteiger charge is 2.43. The van der Waals surface area contributed by atoms with Crippen molar-refractivity contribution in [3.05, 3.63) is 63.1 Å². The van der Waals surface area contributed by atoms with Gasteiger partial charge in [-0.1, -0.05) is 36.0 Å². The Labute approximate surface area is 195 Å². The van der Waals surface area contributed by atoms with Crippen molar-refractivity contribution in [3.63, 3.8) is 0 Å². The number of nitrogens with zero attached hydrogens (tertiary/aromatic N) is 4. The maximum Gasteiger partial charge on any atom is 0.410 e. The maximum absolute atomic E-state index is 13.6. The molecule has 13 heteroatoms. The first-order valence-electron chi connectivity index (χ1n) is 10.2. The van der Waals surface area contributed by atoms with Crippen LogP contribution in [0.5, 0.6) is 0 Å². The van der Waals surface area contributed by atoms with Crippen molar-refractivity contribution < 1.29 is 27.7 Å². The van der Waals surface area contributed by atoms with E-state index >= 15 is 0 Å². The molecule has 1 aromatic carbocycles. The molecule has 1 amide bonds. The van der Waals surface area contributed by atoms with Crippen molar-refractivity contribution in [1.29, 1.82) is 0 Å². The van der Waals surface area contributed by atoms with Gasteiger partial charge in [0.05, 0.1) is 40.8 Å². The largest absolute Gasteiger partial charge is 0.449 e. The predicted octanol–water partition coefficient (Wildman–Crippen LogP) is 3.65. The van der Waals surface area contributed by atoms with Crippen molar-refractivity contribution in [3.8, 4) is 0 Å². The fraction of sp³-hybridized carbons (Fsp3) is 0.400. The summed E-state index contributed by atoms with van der Waals surface area (Å²) < 4.78 is 33.2. The number of aromatic nitrogens is 1. The number of hydroxylamine groups is 1. The highest BCUT2D eigenvalue weighted by atomic mass is 32.2. The molecule has 178 valence electrons. The lowest BCUT2D eigenvalue weighted by molar-refractivity contribution is -0.388. The van der Waals surface area contributed by atoms with E-state index < -0.39 is 37.7 Å². The summed E-state index contributed by atoms with van der Waals surface area (Å²) >= 11 is 1.22. The van der Waals surface area contributed by atoms with E-state index in [1.165, 1.54) is 34.4 Å². The lowest BCUT2D eigenvalue weighted by atomic mass is 10.1. The molecule has 0 spiro atoms. The van der Waals surface area contributed by atoms with Crippen molar-refractivity contribution in [2.45, 2.75) is 37.2 Å². The molecule has 0 bridgehead atoms. The Morgan fingerprint density at radius 3 is 2.91 bits per heavy atom. The molecule has 0 aliphatic carbocycles. The minimum atomic E-state index is -4.52. The van der Waals surface area contributed by atoms with Gasteiger partial charge in [0, 0.05) is 12.6 Å². The smallest absolute Gasteiger partial charge is 0.410 e. The van der Waals surface area contributed by atoms with Gasteiger partial charge < -0.3 is 9.64 Å². The van der Waals surface area contributed by atoms with Crippen molar-refractivity contribution in [2.75, 3.05) is 19.8 Å². The molecule has 0 saturated heterocycles. The number of rotatable bonds is 10. The van der Waals surface area contributed by atoms with Gasteiger partial charge in [0.1, 0.15) is 6.04 Å². The van der Waals surface area contributed by atoms with Crippen LogP contribution in [-0.2, 0) is 26.1 Å². The number of amides is 1. The molecule has 1 aliphatic heterocycles. The van der Waals surface area contributed by atoms with Gasteiger partial charge in [0.2, 0.25) is 0 Å². The average Bonchev–Trinajstić information content (AvgIpc) is 3.28. The standard InChI is InChI=1S/C20H24N4O7S2/c1-3-5-11-30-20(25)22-12-15-19(32-14-21-15)17(13-22)24(31-10-4-2)33(28,29)18-9-7-6-8-16(18)23(26)27/h4,6-9,14,17H,2-3,5,10-13H2,1H3. The van der Waals surface area contributed by atoms with Crippen LogP contribution < -0.4 is 0 Å². The van der Waals surface area contributed by atoms with Crippen LogP contribution in [0.1, 0.15) is 36.4 Å². The van der Waals surface area contributed by atoms with Crippen LogP contribution >= 0.6 is 11.3 Å². The average molecular weight is 497 g/mol. The number of para-hydroxylation sites is 1. The lowest BCUT2D eigenvalue weighted by Crippen LogP contribution is -2.46. The highest BCUT2D eigenvalue weighted by molar-refractivity contribution is 7.89. The normalized spacial score (nSPS) is 15.8. The number of sulfonamides is 1. The van der Waals surface area contributed by atoms with Crippen LogP contribution in [0.4, 0.5) is 10.5 Å². The third-order valence-corrected chi connectivity index (χ3v) is 7.55. The van der Waals surface area contributed by atoms with Gasteiger partial charge in [-0.2, -0.15) is 0 Å². The molecule has 11 nitrogen and oxygen atoms in total. The van der Waals surface area contributed by atoms with Crippen LogP contribution in [0, 0.1) is 10.1 Å². The molecule has 0 radical (unpaired) electrons. The van der Waals surface area contributed by atoms with Gasteiger partial charge in [-0.05, 0) is 12.5 Å². The van der Waals surface area contributed by atoms with Crippen molar-refractivity contribution in [2.24, 2.45) is 0 Å². The maximum atomic E-state index is 13.6. The summed E-state index contributed by atoms with van der Waals surface area (Å²) in [7, 11) is -4.52. The first kappa shape index (κ1) is 24.8. The molecule has 0 fully saturated rings.